The molecule has 21 heavy (non-hydrogen) atoms. The van der Waals surface area contributed by atoms with Crippen molar-refractivity contribution in [2.24, 2.45) is 0 Å². The fourth-order valence-electron chi connectivity index (χ4n) is 2.25. The molecule has 3 aromatic rings. The first-order chi connectivity index (χ1) is 10.1. The number of benzene rings is 2. The van der Waals surface area contributed by atoms with Crippen LogP contribution in [0.15, 0.2) is 59.5 Å². The summed E-state index contributed by atoms with van der Waals surface area (Å²) in [5, 5.41) is 10.2. The molecule has 0 atom stereocenters. The fourth-order valence-corrected chi connectivity index (χ4v) is 2.37. The molecule has 3 rings (SSSR count). The minimum Gasteiger partial charge on any atom is -0.477 e. The number of hydrogen-bond acceptors (Lipinski definition) is 2. The Morgan fingerprint density at radius 3 is 2.38 bits per heavy atom. The lowest BCUT2D eigenvalue weighted by atomic mass is 10.1. The topological polar surface area (TPSA) is 59.3 Å². The zero-order chi connectivity index (χ0) is 15.0. The van der Waals surface area contributed by atoms with Crippen LogP contribution in [-0.2, 0) is 0 Å². The van der Waals surface area contributed by atoms with Gasteiger partial charge in [0, 0.05) is 22.3 Å². The maximum absolute atomic E-state index is 12.2. The summed E-state index contributed by atoms with van der Waals surface area (Å²) in [6.07, 6.45) is 1.34. The van der Waals surface area contributed by atoms with Gasteiger partial charge in [-0.25, -0.2) is 4.79 Å². The van der Waals surface area contributed by atoms with Gasteiger partial charge in [0.15, 0.2) is 0 Å². The maximum atomic E-state index is 12.2. The van der Waals surface area contributed by atoms with E-state index < -0.39 is 11.4 Å². The highest BCUT2D eigenvalue weighted by molar-refractivity contribution is 6.30. The molecule has 2 aromatic carbocycles. The molecule has 0 aliphatic carbocycles. The van der Waals surface area contributed by atoms with Gasteiger partial charge in [0.1, 0.15) is 5.56 Å². The third-order valence-electron chi connectivity index (χ3n) is 3.25. The summed E-state index contributed by atoms with van der Waals surface area (Å²) >= 11 is 5.87. The molecular weight excluding hydrogens is 290 g/mol. The van der Waals surface area contributed by atoms with Gasteiger partial charge in [-0.3, -0.25) is 4.79 Å². The normalized spacial score (nSPS) is 10.7. The lowest BCUT2D eigenvalue weighted by Gasteiger charge is -2.12. The minimum atomic E-state index is -1.24. The number of aromatic nitrogens is 1. The van der Waals surface area contributed by atoms with Crippen molar-refractivity contribution in [3.63, 3.8) is 0 Å². The summed E-state index contributed by atoms with van der Waals surface area (Å²) in [6.45, 7) is 0. The molecule has 0 saturated carbocycles. The number of carbonyl (C=O) groups is 1. The zero-order valence-electron chi connectivity index (χ0n) is 10.8. The molecule has 1 heterocycles. The van der Waals surface area contributed by atoms with E-state index in [-0.39, 0.29) is 5.56 Å². The molecular formula is C16H10ClNO3. The Bertz CT molecular complexity index is 898. The summed E-state index contributed by atoms with van der Waals surface area (Å²) in [6, 6.07) is 13.9. The first kappa shape index (κ1) is 13.4. The number of pyridine rings is 1. The second-order valence-corrected chi connectivity index (χ2v) is 4.98. The van der Waals surface area contributed by atoms with Gasteiger partial charge in [0.2, 0.25) is 5.43 Å². The molecule has 0 bridgehead atoms. The van der Waals surface area contributed by atoms with E-state index in [0.29, 0.717) is 15.9 Å². The van der Waals surface area contributed by atoms with E-state index in [9.17, 15) is 14.7 Å². The minimum absolute atomic E-state index is 0.261. The fraction of sp³-hybridized carbons (Fsp3) is 0. The number of hydrogen-bond donors (Lipinski definition) is 1. The van der Waals surface area contributed by atoms with E-state index in [4.69, 9.17) is 11.6 Å². The van der Waals surface area contributed by atoms with Crippen molar-refractivity contribution < 1.29 is 9.90 Å². The zero-order valence-corrected chi connectivity index (χ0v) is 11.5. The predicted octanol–water partition coefficient (Wildman–Crippen LogP) is 3.34. The molecule has 1 aromatic heterocycles. The number of fused-ring (bicyclic) bond motifs is 1. The van der Waals surface area contributed by atoms with Gasteiger partial charge in [-0.2, -0.15) is 0 Å². The average molecular weight is 300 g/mol. The number of carboxylic acid groups (broad SMARTS) is 1. The molecule has 0 fully saturated rings. The van der Waals surface area contributed by atoms with E-state index in [1.54, 1.807) is 53.1 Å². The van der Waals surface area contributed by atoms with Gasteiger partial charge in [-0.05, 0) is 36.4 Å². The molecule has 0 amide bonds. The standard InChI is InChI=1S/C16H10ClNO3/c17-10-5-7-11(8-6-10)18-9-13(16(20)21)15(19)12-3-1-2-4-14(12)18/h1-9H,(H,20,21). The van der Waals surface area contributed by atoms with Gasteiger partial charge in [0.05, 0.1) is 5.52 Å². The van der Waals surface area contributed by atoms with Gasteiger partial charge in [-0.1, -0.05) is 23.7 Å². The molecule has 0 saturated heterocycles. The molecule has 0 radical (unpaired) electrons. The maximum Gasteiger partial charge on any atom is 0.341 e. The number of halogens is 1. The molecule has 5 heteroatoms. The van der Waals surface area contributed by atoms with Crippen LogP contribution in [0, 0.1) is 0 Å². The van der Waals surface area contributed by atoms with Gasteiger partial charge < -0.3 is 9.67 Å². The van der Waals surface area contributed by atoms with Crippen molar-refractivity contribution in [1.82, 2.24) is 4.57 Å². The lowest BCUT2D eigenvalue weighted by Crippen LogP contribution is -2.18. The average Bonchev–Trinajstić information content (AvgIpc) is 2.49. The van der Waals surface area contributed by atoms with Crippen molar-refractivity contribution in [2.75, 3.05) is 0 Å². The van der Waals surface area contributed by atoms with E-state index >= 15 is 0 Å². The molecule has 0 unspecified atom stereocenters. The Kier molecular flexibility index (Phi) is 3.23. The number of carboxylic acids is 1. The molecule has 0 aliphatic heterocycles. The van der Waals surface area contributed by atoms with Gasteiger partial charge >= 0.3 is 5.97 Å². The third kappa shape index (κ3) is 2.30. The first-order valence-corrected chi connectivity index (χ1v) is 6.59. The Labute approximate surface area is 124 Å². The van der Waals surface area contributed by atoms with Crippen molar-refractivity contribution in [1.29, 1.82) is 0 Å². The molecule has 0 aliphatic rings. The molecule has 0 spiro atoms. The van der Waals surface area contributed by atoms with E-state index in [1.165, 1.54) is 6.20 Å². The number of nitrogens with zero attached hydrogens (tertiary/aromatic N) is 1. The molecule has 4 nitrogen and oxygen atoms in total. The number of aromatic carboxylic acids is 1. The Hall–Kier alpha value is -2.59. The summed E-state index contributed by atoms with van der Waals surface area (Å²) in [5.41, 5.74) is 0.639. The largest absolute Gasteiger partial charge is 0.477 e. The van der Waals surface area contributed by atoms with Crippen LogP contribution in [0.25, 0.3) is 16.6 Å². The summed E-state index contributed by atoms with van der Waals surface area (Å²) < 4.78 is 1.68. The Morgan fingerprint density at radius 2 is 1.71 bits per heavy atom. The van der Waals surface area contributed by atoms with E-state index in [2.05, 4.69) is 0 Å². The molecule has 104 valence electrons. The van der Waals surface area contributed by atoms with Crippen molar-refractivity contribution >= 4 is 28.5 Å². The SMILES string of the molecule is O=C(O)c1cn(-c2ccc(Cl)cc2)c2ccccc2c1=O. The summed E-state index contributed by atoms with van der Waals surface area (Å²) in [5.74, 6) is -1.24. The highest BCUT2D eigenvalue weighted by Gasteiger charge is 2.14. The van der Waals surface area contributed by atoms with Crippen LogP contribution in [0.1, 0.15) is 10.4 Å². The third-order valence-corrected chi connectivity index (χ3v) is 3.50. The Morgan fingerprint density at radius 1 is 1.05 bits per heavy atom. The highest BCUT2D eigenvalue weighted by atomic mass is 35.5. The van der Waals surface area contributed by atoms with Crippen LogP contribution in [0.5, 0.6) is 0 Å². The van der Waals surface area contributed by atoms with Crippen LogP contribution in [0.4, 0.5) is 0 Å². The van der Waals surface area contributed by atoms with Crippen molar-refractivity contribution in [2.45, 2.75) is 0 Å². The first-order valence-electron chi connectivity index (χ1n) is 6.21. The Balaban J connectivity index is 2.41. The summed E-state index contributed by atoms with van der Waals surface area (Å²) in [7, 11) is 0. The lowest BCUT2D eigenvalue weighted by molar-refractivity contribution is 0.0695. The van der Waals surface area contributed by atoms with E-state index in [1.807, 2.05) is 0 Å². The summed E-state index contributed by atoms with van der Waals surface area (Å²) in [4.78, 5) is 23.5. The van der Waals surface area contributed by atoms with Crippen LogP contribution >= 0.6 is 11.6 Å². The quantitative estimate of drug-likeness (QED) is 0.789. The van der Waals surface area contributed by atoms with Crippen LogP contribution < -0.4 is 5.43 Å². The van der Waals surface area contributed by atoms with Gasteiger partial charge in [-0.15, -0.1) is 0 Å². The van der Waals surface area contributed by atoms with Crippen LogP contribution in [0.3, 0.4) is 0 Å². The number of para-hydroxylation sites is 1. The monoisotopic (exact) mass is 299 g/mol. The number of rotatable bonds is 2. The highest BCUT2D eigenvalue weighted by Crippen LogP contribution is 2.19. The molecule has 1 N–H and O–H groups in total. The second-order valence-electron chi connectivity index (χ2n) is 4.54. The van der Waals surface area contributed by atoms with Crippen LogP contribution in [0.2, 0.25) is 5.02 Å². The van der Waals surface area contributed by atoms with Gasteiger partial charge in [0.25, 0.3) is 0 Å². The second kappa shape index (κ2) is 5.07. The van der Waals surface area contributed by atoms with Crippen LogP contribution in [-0.4, -0.2) is 15.6 Å². The van der Waals surface area contributed by atoms with E-state index in [0.717, 1.165) is 5.69 Å². The predicted molar refractivity (Wildman–Crippen MR) is 81.5 cm³/mol. The van der Waals surface area contributed by atoms with Crippen molar-refractivity contribution in [3.8, 4) is 5.69 Å². The smallest absolute Gasteiger partial charge is 0.341 e. The van der Waals surface area contributed by atoms with Crippen molar-refractivity contribution in [3.05, 3.63) is 75.5 Å².